The number of aryl methyl sites for hydroxylation is 1. The zero-order valence-electron chi connectivity index (χ0n) is 10.9. The zero-order valence-corrected chi connectivity index (χ0v) is 10.9. The van der Waals surface area contributed by atoms with Gasteiger partial charge in [-0.05, 0) is 25.0 Å². The minimum Gasteiger partial charge on any atom is -0.398 e. The first-order valence-electron chi connectivity index (χ1n) is 5.96. The van der Waals surface area contributed by atoms with Gasteiger partial charge in [0.1, 0.15) is 0 Å². The number of nitrogens with zero attached hydrogens (tertiary/aromatic N) is 2. The fraction of sp³-hybridized carbons (Fsp3) is 0.462. The number of pyridine rings is 1. The molecule has 1 atom stereocenters. The lowest BCUT2D eigenvalue weighted by Gasteiger charge is -2.16. The summed E-state index contributed by atoms with van der Waals surface area (Å²) in [5, 5.41) is 0. The Hall–Kier alpha value is -1.91. The van der Waals surface area contributed by atoms with Crippen LogP contribution in [-0.2, 0) is 16.1 Å². The van der Waals surface area contributed by atoms with Gasteiger partial charge in [-0.25, -0.2) is 0 Å². The second-order valence-corrected chi connectivity index (χ2v) is 4.85. The van der Waals surface area contributed by atoms with Crippen LogP contribution >= 0.6 is 0 Å². The Kier molecular flexibility index (Phi) is 3.07. The van der Waals surface area contributed by atoms with Crippen LogP contribution in [0.2, 0.25) is 0 Å². The average Bonchev–Trinajstić information content (AvgIpc) is 2.56. The predicted molar refractivity (Wildman–Crippen MR) is 67.5 cm³/mol. The maximum Gasteiger partial charge on any atom is 0.232 e. The molecule has 2 heterocycles. The van der Waals surface area contributed by atoms with Gasteiger partial charge in [0.05, 0.1) is 12.2 Å². The van der Waals surface area contributed by atoms with Crippen LogP contribution in [0.15, 0.2) is 6.20 Å². The minimum atomic E-state index is -0.222. The highest BCUT2D eigenvalue weighted by molar-refractivity contribution is 6.03. The first kappa shape index (κ1) is 12.5. The first-order valence-corrected chi connectivity index (χ1v) is 5.96. The number of nitrogens with two attached hydrogens (primary N) is 1. The molecule has 1 aliphatic rings. The van der Waals surface area contributed by atoms with Gasteiger partial charge in [0, 0.05) is 24.2 Å². The zero-order chi connectivity index (χ0) is 13.4. The van der Waals surface area contributed by atoms with Crippen LogP contribution in [0.4, 0.5) is 5.69 Å². The molecule has 0 aliphatic carbocycles. The van der Waals surface area contributed by atoms with Gasteiger partial charge < -0.3 is 5.73 Å². The molecule has 1 unspecified atom stereocenters. The fourth-order valence-corrected chi connectivity index (χ4v) is 2.12. The molecular weight excluding hydrogens is 230 g/mol. The molecule has 5 heteroatoms. The van der Waals surface area contributed by atoms with E-state index in [2.05, 4.69) is 4.98 Å². The molecule has 1 fully saturated rings. The van der Waals surface area contributed by atoms with E-state index in [4.69, 9.17) is 5.73 Å². The van der Waals surface area contributed by atoms with E-state index in [1.165, 1.54) is 4.90 Å². The largest absolute Gasteiger partial charge is 0.398 e. The molecule has 2 amide bonds. The molecule has 1 aliphatic heterocycles. The van der Waals surface area contributed by atoms with E-state index >= 15 is 0 Å². The topological polar surface area (TPSA) is 76.3 Å². The summed E-state index contributed by atoms with van der Waals surface area (Å²) in [6, 6.07) is 0. The van der Waals surface area contributed by atoms with Crippen LogP contribution in [0.5, 0.6) is 0 Å². The lowest BCUT2D eigenvalue weighted by molar-refractivity contribution is -0.140. The third-order valence-corrected chi connectivity index (χ3v) is 3.45. The number of hydrogen-bond acceptors (Lipinski definition) is 4. The molecule has 18 heavy (non-hydrogen) atoms. The number of rotatable bonds is 2. The maximum absolute atomic E-state index is 11.8. The smallest absolute Gasteiger partial charge is 0.232 e. The summed E-state index contributed by atoms with van der Waals surface area (Å²) in [6.07, 6.45) is 1.96. The highest BCUT2D eigenvalue weighted by atomic mass is 16.2. The SMILES string of the molecule is Cc1cnc(CN2C(=O)CC(C)C2=O)c(C)c1N. The number of amides is 2. The van der Waals surface area contributed by atoms with Gasteiger partial charge >= 0.3 is 0 Å². The number of imide groups is 1. The van der Waals surface area contributed by atoms with Gasteiger partial charge in [-0.2, -0.15) is 0 Å². The van der Waals surface area contributed by atoms with E-state index in [1.54, 1.807) is 13.1 Å². The van der Waals surface area contributed by atoms with Crippen LogP contribution in [-0.4, -0.2) is 21.7 Å². The Morgan fingerprint density at radius 1 is 1.44 bits per heavy atom. The van der Waals surface area contributed by atoms with E-state index in [1.807, 2.05) is 13.8 Å². The summed E-state index contributed by atoms with van der Waals surface area (Å²) < 4.78 is 0. The van der Waals surface area contributed by atoms with Crippen molar-refractivity contribution in [1.29, 1.82) is 0 Å². The summed E-state index contributed by atoms with van der Waals surface area (Å²) >= 11 is 0. The number of carbonyl (C=O) groups excluding carboxylic acids is 2. The second-order valence-electron chi connectivity index (χ2n) is 4.85. The number of aromatic nitrogens is 1. The Bertz CT molecular complexity index is 525. The molecule has 2 N–H and O–H groups in total. The highest BCUT2D eigenvalue weighted by Gasteiger charge is 2.35. The Labute approximate surface area is 106 Å². The third-order valence-electron chi connectivity index (χ3n) is 3.45. The fourth-order valence-electron chi connectivity index (χ4n) is 2.12. The van der Waals surface area contributed by atoms with Crippen LogP contribution < -0.4 is 5.73 Å². The molecule has 1 aromatic rings. The molecule has 0 radical (unpaired) electrons. The molecule has 5 nitrogen and oxygen atoms in total. The molecule has 2 rings (SSSR count). The summed E-state index contributed by atoms with van der Waals surface area (Å²) in [5.41, 5.74) is 9.04. The Morgan fingerprint density at radius 2 is 2.11 bits per heavy atom. The van der Waals surface area contributed by atoms with Crippen molar-refractivity contribution in [1.82, 2.24) is 9.88 Å². The number of likely N-dealkylation sites (tertiary alicyclic amines) is 1. The number of anilines is 1. The van der Waals surface area contributed by atoms with E-state index in [9.17, 15) is 9.59 Å². The van der Waals surface area contributed by atoms with E-state index in [0.717, 1.165) is 11.1 Å². The molecule has 1 aromatic heterocycles. The number of carbonyl (C=O) groups is 2. The summed E-state index contributed by atoms with van der Waals surface area (Å²) in [6.45, 7) is 5.73. The van der Waals surface area contributed by atoms with Gasteiger partial charge in [0.25, 0.3) is 0 Å². The monoisotopic (exact) mass is 247 g/mol. The number of nitrogen functional groups attached to an aromatic ring is 1. The van der Waals surface area contributed by atoms with Crippen molar-refractivity contribution in [2.45, 2.75) is 33.7 Å². The van der Waals surface area contributed by atoms with Crippen LogP contribution in [0.3, 0.4) is 0 Å². The third kappa shape index (κ3) is 1.96. The van der Waals surface area contributed by atoms with Crippen molar-refractivity contribution >= 4 is 17.5 Å². The Balaban J connectivity index is 2.28. The molecule has 0 spiro atoms. The van der Waals surface area contributed by atoms with Gasteiger partial charge in [-0.15, -0.1) is 0 Å². The first-order chi connectivity index (χ1) is 8.41. The maximum atomic E-state index is 11.8. The van der Waals surface area contributed by atoms with Crippen molar-refractivity contribution in [2.24, 2.45) is 5.92 Å². The summed E-state index contributed by atoms with van der Waals surface area (Å²) in [7, 11) is 0. The quantitative estimate of drug-likeness (QED) is 0.796. The molecule has 96 valence electrons. The van der Waals surface area contributed by atoms with Crippen molar-refractivity contribution in [3.63, 3.8) is 0 Å². The van der Waals surface area contributed by atoms with Crippen molar-refractivity contribution < 1.29 is 9.59 Å². The molecule has 1 saturated heterocycles. The highest BCUT2D eigenvalue weighted by Crippen LogP contribution is 2.24. The Morgan fingerprint density at radius 3 is 2.67 bits per heavy atom. The predicted octanol–water partition coefficient (Wildman–Crippen LogP) is 1.18. The average molecular weight is 247 g/mol. The van der Waals surface area contributed by atoms with Crippen molar-refractivity contribution in [3.05, 3.63) is 23.0 Å². The van der Waals surface area contributed by atoms with E-state index < -0.39 is 0 Å². The lowest BCUT2D eigenvalue weighted by Crippen LogP contribution is -2.30. The van der Waals surface area contributed by atoms with Crippen LogP contribution in [0.25, 0.3) is 0 Å². The summed E-state index contributed by atoms with van der Waals surface area (Å²) in [5.74, 6) is -0.478. The normalized spacial score (nSPS) is 19.7. The molecule has 0 saturated carbocycles. The van der Waals surface area contributed by atoms with E-state index in [0.29, 0.717) is 17.8 Å². The van der Waals surface area contributed by atoms with Crippen molar-refractivity contribution in [2.75, 3.05) is 5.73 Å². The molecule has 0 bridgehead atoms. The lowest BCUT2D eigenvalue weighted by atomic mass is 10.1. The molecule has 0 aromatic carbocycles. The molecular formula is C13H17N3O2. The van der Waals surface area contributed by atoms with E-state index in [-0.39, 0.29) is 24.3 Å². The van der Waals surface area contributed by atoms with Crippen LogP contribution in [0.1, 0.15) is 30.2 Å². The minimum absolute atomic E-state index is 0.125. The van der Waals surface area contributed by atoms with Gasteiger partial charge in [0.15, 0.2) is 0 Å². The summed E-state index contributed by atoms with van der Waals surface area (Å²) in [4.78, 5) is 29.1. The standard InChI is InChI=1S/C13H17N3O2/c1-7-4-11(17)16(13(7)18)6-10-9(3)12(14)8(2)5-15-10/h5,7H,4,6H2,1-3H3,(H2,14,15). The van der Waals surface area contributed by atoms with Crippen molar-refractivity contribution in [3.8, 4) is 0 Å². The van der Waals surface area contributed by atoms with Crippen LogP contribution in [0, 0.1) is 19.8 Å². The van der Waals surface area contributed by atoms with Gasteiger partial charge in [-0.3, -0.25) is 19.5 Å². The van der Waals surface area contributed by atoms with Gasteiger partial charge in [-0.1, -0.05) is 6.92 Å². The number of hydrogen-bond donors (Lipinski definition) is 1. The van der Waals surface area contributed by atoms with Gasteiger partial charge in [0.2, 0.25) is 11.8 Å². The second kappa shape index (κ2) is 4.40.